The fraction of sp³-hybridized carbons (Fsp3) is 0.0870. The van der Waals surface area contributed by atoms with Gasteiger partial charge in [-0.15, -0.1) is 0 Å². The second-order valence-corrected chi connectivity index (χ2v) is 7.32. The summed E-state index contributed by atoms with van der Waals surface area (Å²) < 4.78 is 19.7. The van der Waals surface area contributed by atoms with Gasteiger partial charge in [0.2, 0.25) is 5.89 Å². The number of rotatable bonds is 3. The zero-order chi connectivity index (χ0) is 21.3. The van der Waals surface area contributed by atoms with Gasteiger partial charge in [-0.25, -0.2) is 9.37 Å². The number of hydrogen-bond donors (Lipinski definition) is 2. The van der Waals surface area contributed by atoms with Crippen molar-refractivity contribution in [1.29, 1.82) is 0 Å². The third-order valence-electron chi connectivity index (χ3n) is 4.60. The number of thiocarbonyl (C=S) groups is 1. The Morgan fingerprint density at radius 1 is 1.07 bits per heavy atom. The van der Waals surface area contributed by atoms with Crippen LogP contribution in [0.25, 0.3) is 22.6 Å². The van der Waals surface area contributed by atoms with Crippen molar-refractivity contribution in [2.75, 3.05) is 5.32 Å². The maximum atomic E-state index is 14.0. The van der Waals surface area contributed by atoms with Gasteiger partial charge in [-0.2, -0.15) is 0 Å². The number of nitrogens with one attached hydrogen (secondary N) is 2. The molecule has 0 aliphatic carbocycles. The maximum Gasteiger partial charge on any atom is 0.257 e. The van der Waals surface area contributed by atoms with E-state index in [1.807, 2.05) is 26.0 Å². The Morgan fingerprint density at radius 2 is 1.87 bits per heavy atom. The van der Waals surface area contributed by atoms with Crippen LogP contribution < -0.4 is 10.6 Å². The van der Waals surface area contributed by atoms with E-state index in [9.17, 15) is 9.18 Å². The molecular formula is C23H18FN3O2S. The predicted molar refractivity (Wildman–Crippen MR) is 119 cm³/mol. The lowest BCUT2D eigenvalue weighted by Crippen LogP contribution is -2.34. The predicted octanol–water partition coefficient (Wildman–Crippen LogP) is 5.38. The van der Waals surface area contributed by atoms with E-state index in [-0.39, 0.29) is 16.9 Å². The highest BCUT2D eigenvalue weighted by atomic mass is 32.1. The number of nitrogens with zero attached hydrogens (tertiary/aromatic N) is 1. The van der Waals surface area contributed by atoms with Crippen LogP contribution in [0.4, 0.5) is 10.1 Å². The van der Waals surface area contributed by atoms with E-state index in [0.717, 1.165) is 11.1 Å². The first-order chi connectivity index (χ1) is 14.4. The molecule has 4 aromatic rings. The minimum absolute atomic E-state index is 0.164. The molecule has 0 aliphatic heterocycles. The molecule has 1 amide bonds. The van der Waals surface area contributed by atoms with Crippen molar-refractivity contribution in [3.05, 3.63) is 83.2 Å². The van der Waals surface area contributed by atoms with Gasteiger partial charge in [0.25, 0.3) is 5.91 Å². The number of aryl methyl sites for hydroxylation is 2. The van der Waals surface area contributed by atoms with Crippen molar-refractivity contribution >= 4 is 40.0 Å². The van der Waals surface area contributed by atoms with Gasteiger partial charge in [-0.3, -0.25) is 10.1 Å². The molecule has 0 saturated carbocycles. The number of carbonyl (C=O) groups excluding carboxylic acids is 1. The van der Waals surface area contributed by atoms with Crippen LogP contribution in [0.15, 0.2) is 65.1 Å². The zero-order valence-electron chi connectivity index (χ0n) is 16.3. The van der Waals surface area contributed by atoms with Crippen LogP contribution in [-0.4, -0.2) is 16.0 Å². The standard InChI is InChI=1S/C23H18FN3O2S/c1-13-7-9-16(14(2)11-13)21(28)27-23(30)25-15-8-10-20-19(12-15)26-22(29-20)17-5-3-4-6-18(17)24/h3-12H,1-2H3,(H2,25,27,28,30). The topological polar surface area (TPSA) is 67.2 Å². The van der Waals surface area contributed by atoms with Crippen molar-refractivity contribution in [3.63, 3.8) is 0 Å². The Morgan fingerprint density at radius 3 is 2.63 bits per heavy atom. The number of fused-ring (bicyclic) bond motifs is 1. The molecule has 30 heavy (non-hydrogen) atoms. The number of anilines is 1. The number of halogens is 1. The Bertz CT molecular complexity index is 1280. The minimum Gasteiger partial charge on any atom is -0.436 e. The van der Waals surface area contributed by atoms with Gasteiger partial charge in [0, 0.05) is 11.3 Å². The summed E-state index contributed by atoms with van der Waals surface area (Å²) in [7, 11) is 0. The van der Waals surface area contributed by atoms with Crippen molar-refractivity contribution in [3.8, 4) is 11.5 Å². The highest BCUT2D eigenvalue weighted by Crippen LogP contribution is 2.27. The number of carbonyl (C=O) groups is 1. The molecule has 4 rings (SSSR count). The summed E-state index contributed by atoms with van der Waals surface area (Å²) in [6.45, 7) is 3.85. The molecular weight excluding hydrogens is 401 g/mol. The van der Waals surface area contributed by atoms with Gasteiger partial charge in [-0.1, -0.05) is 29.8 Å². The number of amides is 1. The zero-order valence-corrected chi connectivity index (χ0v) is 17.1. The summed E-state index contributed by atoms with van der Waals surface area (Å²) in [5, 5.41) is 5.81. The van der Waals surface area contributed by atoms with Gasteiger partial charge in [0.15, 0.2) is 10.7 Å². The van der Waals surface area contributed by atoms with Crippen molar-refractivity contribution < 1.29 is 13.6 Å². The third kappa shape index (κ3) is 4.06. The highest BCUT2D eigenvalue weighted by molar-refractivity contribution is 7.80. The average molecular weight is 419 g/mol. The van der Waals surface area contributed by atoms with Crippen LogP contribution in [0.3, 0.4) is 0 Å². The van der Waals surface area contributed by atoms with E-state index in [4.69, 9.17) is 16.6 Å². The van der Waals surface area contributed by atoms with Gasteiger partial charge in [0.1, 0.15) is 11.3 Å². The Hall–Kier alpha value is -3.58. The SMILES string of the molecule is Cc1ccc(C(=O)NC(=S)Nc2ccc3oc(-c4ccccc4F)nc3c2)c(C)c1. The van der Waals surface area contributed by atoms with Gasteiger partial charge >= 0.3 is 0 Å². The van der Waals surface area contributed by atoms with E-state index in [2.05, 4.69) is 15.6 Å². The molecule has 0 atom stereocenters. The third-order valence-corrected chi connectivity index (χ3v) is 4.81. The van der Waals surface area contributed by atoms with Gasteiger partial charge in [-0.05, 0) is 68.0 Å². The smallest absolute Gasteiger partial charge is 0.257 e. The number of oxazole rings is 1. The Kier molecular flexibility index (Phi) is 5.29. The molecule has 7 heteroatoms. The van der Waals surface area contributed by atoms with Crippen molar-refractivity contribution in [1.82, 2.24) is 10.3 Å². The van der Waals surface area contributed by atoms with Gasteiger partial charge < -0.3 is 9.73 Å². The summed E-state index contributed by atoms with van der Waals surface area (Å²) in [5.74, 6) is -0.488. The van der Waals surface area contributed by atoms with E-state index < -0.39 is 5.82 Å². The average Bonchev–Trinajstić information content (AvgIpc) is 3.11. The van der Waals surface area contributed by atoms with Crippen molar-refractivity contribution in [2.45, 2.75) is 13.8 Å². The fourth-order valence-electron chi connectivity index (χ4n) is 3.16. The van der Waals surface area contributed by atoms with Crippen molar-refractivity contribution in [2.24, 2.45) is 0 Å². The van der Waals surface area contributed by atoms with Crippen LogP contribution in [0.5, 0.6) is 0 Å². The van der Waals surface area contributed by atoms with Crippen LogP contribution in [0, 0.1) is 19.7 Å². The number of aromatic nitrogens is 1. The molecule has 0 spiro atoms. The lowest BCUT2D eigenvalue weighted by atomic mass is 10.1. The molecule has 0 unspecified atom stereocenters. The summed E-state index contributed by atoms with van der Waals surface area (Å²) in [5.41, 5.74) is 4.50. The largest absolute Gasteiger partial charge is 0.436 e. The number of hydrogen-bond acceptors (Lipinski definition) is 4. The molecule has 0 radical (unpaired) electrons. The summed E-state index contributed by atoms with van der Waals surface area (Å²) in [6, 6.07) is 17.1. The first-order valence-corrected chi connectivity index (χ1v) is 9.66. The van der Waals surface area contributed by atoms with E-state index in [0.29, 0.717) is 27.9 Å². The maximum absolute atomic E-state index is 14.0. The second kappa shape index (κ2) is 8.04. The van der Waals surface area contributed by atoms with Crippen LogP contribution in [0.2, 0.25) is 0 Å². The molecule has 0 bridgehead atoms. The lowest BCUT2D eigenvalue weighted by molar-refractivity contribution is 0.0977. The molecule has 3 aromatic carbocycles. The first-order valence-electron chi connectivity index (χ1n) is 9.26. The first kappa shape index (κ1) is 19.7. The Labute approximate surface area is 177 Å². The molecule has 0 saturated heterocycles. The summed E-state index contributed by atoms with van der Waals surface area (Å²) >= 11 is 5.27. The number of benzene rings is 3. The van der Waals surface area contributed by atoms with Crippen LogP contribution in [-0.2, 0) is 0 Å². The van der Waals surface area contributed by atoms with Crippen LogP contribution >= 0.6 is 12.2 Å². The minimum atomic E-state index is -0.405. The molecule has 5 nitrogen and oxygen atoms in total. The molecule has 2 N–H and O–H groups in total. The molecule has 1 aromatic heterocycles. The molecule has 0 fully saturated rings. The van der Waals surface area contributed by atoms with E-state index >= 15 is 0 Å². The normalized spacial score (nSPS) is 10.8. The molecule has 1 heterocycles. The summed E-state index contributed by atoms with van der Waals surface area (Å²) in [6.07, 6.45) is 0. The highest BCUT2D eigenvalue weighted by Gasteiger charge is 2.14. The molecule has 0 aliphatic rings. The fourth-order valence-corrected chi connectivity index (χ4v) is 3.37. The quantitative estimate of drug-likeness (QED) is 0.437. The monoisotopic (exact) mass is 419 g/mol. The second-order valence-electron chi connectivity index (χ2n) is 6.91. The lowest BCUT2D eigenvalue weighted by Gasteiger charge is -2.11. The van der Waals surface area contributed by atoms with E-state index in [1.54, 1.807) is 42.5 Å². The van der Waals surface area contributed by atoms with E-state index in [1.165, 1.54) is 6.07 Å². The van der Waals surface area contributed by atoms with Crippen LogP contribution in [0.1, 0.15) is 21.5 Å². The summed E-state index contributed by atoms with van der Waals surface area (Å²) in [4.78, 5) is 16.8. The van der Waals surface area contributed by atoms with Gasteiger partial charge in [0.05, 0.1) is 5.56 Å². The Balaban J connectivity index is 1.50. The molecule has 150 valence electrons.